The minimum absolute atomic E-state index is 0.105. The van der Waals surface area contributed by atoms with Crippen LogP contribution >= 0.6 is 0 Å². The van der Waals surface area contributed by atoms with E-state index in [2.05, 4.69) is 32.3 Å². The van der Waals surface area contributed by atoms with E-state index < -0.39 is 0 Å². The maximum absolute atomic E-state index is 13.6. The zero-order chi connectivity index (χ0) is 25.4. The van der Waals surface area contributed by atoms with Crippen LogP contribution in [0.1, 0.15) is 63.7 Å². The van der Waals surface area contributed by atoms with Crippen molar-refractivity contribution in [3.8, 4) is 17.1 Å². The van der Waals surface area contributed by atoms with E-state index in [0.29, 0.717) is 18.4 Å². The van der Waals surface area contributed by atoms with Gasteiger partial charge in [-0.15, -0.1) is 0 Å². The Hall–Kier alpha value is -2.86. The normalized spacial score (nSPS) is 11.5. The third-order valence-electron chi connectivity index (χ3n) is 6.42. The molecule has 0 unspecified atom stereocenters. The number of benzene rings is 2. The molecule has 0 aliphatic carbocycles. The summed E-state index contributed by atoms with van der Waals surface area (Å²) in [4.78, 5) is 20.6. The van der Waals surface area contributed by atoms with Gasteiger partial charge in [0.1, 0.15) is 11.6 Å². The molecule has 1 aromatic heterocycles. The van der Waals surface area contributed by atoms with Gasteiger partial charge < -0.3 is 19.9 Å². The van der Waals surface area contributed by atoms with Gasteiger partial charge in [-0.05, 0) is 86.5 Å². The van der Waals surface area contributed by atoms with Crippen molar-refractivity contribution in [2.24, 2.45) is 17.6 Å². The van der Waals surface area contributed by atoms with Crippen molar-refractivity contribution in [3.63, 3.8) is 0 Å². The summed E-state index contributed by atoms with van der Waals surface area (Å²) >= 11 is 0. The fraction of sp³-hybridized carbons (Fsp3) is 0.517. The van der Waals surface area contributed by atoms with Crippen LogP contribution in [0.3, 0.4) is 0 Å². The molecule has 0 aliphatic heterocycles. The summed E-state index contributed by atoms with van der Waals surface area (Å²) in [5, 5.41) is 0. The molecule has 0 bridgehead atoms. The average Bonchev–Trinajstić information content (AvgIpc) is 3.21. The summed E-state index contributed by atoms with van der Waals surface area (Å²) in [6, 6.07) is 13.9. The highest BCUT2D eigenvalue weighted by Gasteiger charge is 2.19. The topological polar surface area (TPSA) is 73.4 Å². The lowest BCUT2D eigenvalue weighted by molar-refractivity contribution is 0.0741. The van der Waals surface area contributed by atoms with Gasteiger partial charge in [-0.3, -0.25) is 4.79 Å². The molecule has 0 fully saturated rings. The van der Waals surface area contributed by atoms with Crippen molar-refractivity contribution >= 4 is 16.9 Å². The van der Waals surface area contributed by atoms with Gasteiger partial charge in [-0.25, -0.2) is 4.98 Å². The van der Waals surface area contributed by atoms with Crippen molar-refractivity contribution < 1.29 is 9.53 Å². The quantitative estimate of drug-likeness (QED) is 0.307. The first-order chi connectivity index (χ1) is 16.8. The second-order valence-corrected chi connectivity index (χ2v) is 10.2. The highest BCUT2D eigenvalue weighted by molar-refractivity contribution is 5.98. The Bertz CT molecular complexity index is 1070. The number of amides is 1. The van der Waals surface area contributed by atoms with E-state index in [1.54, 1.807) is 7.11 Å². The monoisotopic (exact) mass is 478 g/mol. The minimum Gasteiger partial charge on any atom is -0.497 e. The molecule has 0 aliphatic rings. The molecule has 3 aromatic rings. The van der Waals surface area contributed by atoms with Crippen LogP contribution in [0.25, 0.3) is 22.4 Å². The Morgan fingerprint density at radius 2 is 1.66 bits per heavy atom. The smallest absolute Gasteiger partial charge is 0.253 e. The SMILES string of the molecule is COc1ccc(-c2nc3ccc(C(=O)N(CCC(C)C)CCC(C)C)cc3n2CCCCN)cc1. The second-order valence-electron chi connectivity index (χ2n) is 10.2. The molecule has 190 valence electrons. The van der Waals surface area contributed by atoms with Crippen molar-refractivity contribution in [2.75, 3.05) is 26.7 Å². The van der Waals surface area contributed by atoms with Crippen LogP contribution in [0.2, 0.25) is 0 Å². The standard InChI is InChI=1S/C29H42N4O2/c1-21(2)14-18-32(19-15-22(3)4)29(34)24-10-13-26-27(20-24)33(17-7-6-16-30)28(31-26)23-8-11-25(35-5)12-9-23/h8-13,20-22H,6-7,14-19,30H2,1-5H3. The zero-order valence-electron chi connectivity index (χ0n) is 22.1. The van der Waals surface area contributed by atoms with Crippen LogP contribution in [0.5, 0.6) is 5.75 Å². The largest absolute Gasteiger partial charge is 0.497 e. The van der Waals surface area contributed by atoms with Gasteiger partial charge >= 0.3 is 0 Å². The number of rotatable bonds is 13. The summed E-state index contributed by atoms with van der Waals surface area (Å²) in [5.74, 6) is 2.94. The molecule has 0 saturated carbocycles. The number of unbranched alkanes of at least 4 members (excludes halogenated alkanes) is 1. The van der Waals surface area contributed by atoms with E-state index in [9.17, 15) is 4.79 Å². The second kappa shape index (κ2) is 12.7. The predicted octanol–water partition coefficient (Wildman–Crippen LogP) is 5.99. The summed E-state index contributed by atoms with van der Waals surface area (Å²) in [5.41, 5.74) is 9.41. The number of hydrogen-bond acceptors (Lipinski definition) is 4. The molecule has 1 heterocycles. The first-order valence-electron chi connectivity index (χ1n) is 13.0. The Morgan fingerprint density at radius 1 is 1.00 bits per heavy atom. The lowest BCUT2D eigenvalue weighted by Crippen LogP contribution is -2.34. The maximum atomic E-state index is 13.6. The lowest BCUT2D eigenvalue weighted by atomic mass is 10.1. The predicted molar refractivity (Wildman–Crippen MR) is 145 cm³/mol. The molecule has 0 radical (unpaired) electrons. The number of fused-ring (bicyclic) bond motifs is 1. The number of imidazole rings is 1. The number of methoxy groups -OCH3 is 1. The number of ether oxygens (including phenoxy) is 1. The molecule has 0 atom stereocenters. The number of nitrogens with two attached hydrogens (primary N) is 1. The van der Waals surface area contributed by atoms with Gasteiger partial charge in [-0.1, -0.05) is 27.7 Å². The number of aromatic nitrogens is 2. The van der Waals surface area contributed by atoms with Gasteiger partial charge in [0, 0.05) is 30.8 Å². The van der Waals surface area contributed by atoms with E-state index in [-0.39, 0.29) is 5.91 Å². The molecule has 6 nitrogen and oxygen atoms in total. The van der Waals surface area contributed by atoms with Gasteiger partial charge in [0.25, 0.3) is 5.91 Å². The van der Waals surface area contributed by atoms with Gasteiger partial charge in [0.15, 0.2) is 0 Å². The molecule has 6 heteroatoms. The average molecular weight is 479 g/mol. The third kappa shape index (κ3) is 7.07. The Morgan fingerprint density at radius 3 is 2.23 bits per heavy atom. The number of hydrogen-bond donors (Lipinski definition) is 1. The fourth-order valence-electron chi connectivity index (χ4n) is 4.18. The Balaban J connectivity index is 1.99. The maximum Gasteiger partial charge on any atom is 0.253 e. The van der Waals surface area contributed by atoms with E-state index in [4.69, 9.17) is 15.5 Å². The zero-order valence-corrected chi connectivity index (χ0v) is 22.1. The lowest BCUT2D eigenvalue weighted by Gasteiger charge is -2.24. The van der Waals surface area contributed by atoms with Crippen LogP contribution in [0.4, 0.5) is 0 Å². The highest BCUT2D eigenvalue weighted by atomic mass is 16.5. The van der Waals surface area contributed by atoms with E-state index in [1.807, 2.05) is 47.4 Å². The highest BCUT2D eigenvalue weighted by Crippen LogP contribution is 2.28. The molecule has 35 heavy (non-hydrogen) atoms. The first-order valence-corrected chi connectivity index (χ1v) is 13.0. The summed E-state index contributed by atoms with van der Waals surface area (Å²) in [6.45, 7) is 11.9. The molecular formula is C29H42N4O2. The number of carbonyl (C=O) groups excluding carboxylic acids is 1. The van der Waals surface area contributed by atoms with Crippen molar-refractivity contribution in [1.82, 2.24) is 14.5 Å². The molecule has 3 rings (SSSR count). The van der Waals surface area contributed by atoms with Crippen molar-refractivity contribution in [2.45, 2.75) is 59.9 Å². The van der Waals surface area contributed by atoms with E-state index >= 15 is 0 Å². The molecule has 2 N–H and O–H groups in total. The molecule has 1 amide bonds. The third-order valence-corrected chi connectivity index (χ3v) is 6.42. The minimum atomic E-state index is 0.105. The molecule has 0 saturated heterocycles. The molecular weight excluding hydrogens is 436 g/mol. The van der Waals surface area contributed by atoms with E-state index in [1.165, 1.54) is 0 Å². The van der Waals surface area contributed by atoms with Gasteiger partial charge in [0.05, 0.1) is 18.1 Å². The van der Waals surface area contributed by atoms with Crippen LogP contribution in [0.15, 0.2) is 42.5 Å². The number of carbonyl (C=O) groups is 1. The Kier molecular flexibility index (Phi) is 9.73. The van der Waals surface area contributed by atoms with E-state index in [0.717, 1.165) is 79.1 Å². The van der Waals surface area contributed by atoms with Crippen LogP contribution < -0.4 is 10.5 Å². The number of nitrogens with zero attached hydrogens (tertiary/aromatic N) is 3. The van der Waals surface area contributed by atoms with Crippen LogP contribution in [0, 0.1) is 11.8 Å². The van der Waals surface area contributed by atoms with Crippen LogP contribution in [-0.4, -0.2) is 47.1 Å². The molecule has 2 aromatic carbocycles. The summed E-state index contributed by atoms with van der Waals surface area (Å²) < 4.78 is 7.56. The first kappa shape index (κ1) is 26.7. The van der Waals surface area contributed by atoms with Crippen molar-refractivity contribution in [3.05, 3.63) is 48.0 Å². The van der Waals surface area contributed by atoms with Gasteiger partial charge in [-0.2, -0.15) is 0 Å². The summed E-state index contributed by atoms with van der Waals surface area (Å²) in [6.07, 6.45) is 3.91. The Labute approximate surface area is 210 Å². The van der Waals surface area contributed by atoms with Crippen LogP contribution in [-0.2, 0) is 6.54 Å². The fourth-order valence-corrected chi connectivity index (χ4v) is 4.18. The number of aryl methyl sites for hydroxylation is 1. The van der Waals surface area contributed by atoms with Crippen molar-refractivity contribution in [1.29, 1.82) is 0 Å². The molecule has 0 spiro atoms. The van der Waals surface area contributed by atoms with Gasteiger partial charge in [0.2, 0.25) is 0 Å². The summed E-state index contributed by atoms with van der Waals surface area (Å²) in [7, 11) is 1.67.